The Hall–Kier alpha value is -0.480. The summed E-state index contributed by atoms with van der Waals surface area (Å²) in [6.45, 7) is 9.79. The molecule has 0 aromatic rings. The average Bonchev–Trinajstić information content (AvgIpc) is 3.55. The van der Waals surface area contributed by atoms with Gasteiger partial charge in [-0.3, -0.25) is 0 Å². The molecule has 6 N–H and O–H groups in total. The number of rotatable bonds is 5. The number of hydrogen-bond acceptors (Lipinski definition) is 12. The highest BCUT2D eigenvalue weighted by Crippen LogP contribution is 2.71. The highest BCUT2D eigenvalue weighted by Gasteiger charge is 2.69. The number of hydrogen-bond donors (Lipinski definition) is 6. The van der Waals surface area contributed by atoms with Crippen LogP contribution in [0, 0.1) is 52.3 Å². The molecule has 12 nitrogen and oxygen atoms in total. The fraction of sp³-hybridized carbons (Fsp3) is 1.00. The minimum absolute atomic E-state index is 0.156. The number of aliphatic hydroxyl groups is 6. The summed E-state index contributed by atoms with van der Waals surface area (Å²) in [7, 11) is 0. The maximum atomic E-state index is 11.1. The van der Waals surface area contributed by atoms with Crippen LogP contribution < -0.4 is 0 Å². The van der Waals surface area contributed by atoms with Crippen LogP contribution in [0.5, 0.6) is 0 Å². The van der Waals surface area contributed by atoms with Crippen LogP contribution in [0.25, 0.3) is 0 Å². The number of fused-ring (bicyclic) bond motifs is 7. The first-order chi connectivity index (χ1) is 23.8. The van der Waals surface area contributed by atoms with Gasteiger partial charge < -0.3 is 59.1 Å². The van der Waals surface area contributed by atoms with Gasteiger partial charge in [-0.1, -0.05) is 27.7 Å². The molecule has 4 saturated carbocycles. The fourth-order valence-electron chi connectivity index (χ4n) is 12.9. The van der Waals surface area contributed by atoms with E-state index in [1.54, 1.807) is 0 Å². The summed E-state index contributed by atoms with van der Waals surface area (Å²) < 4.78 is 36.9. The van der Waals surface area contributed by atoms with Crippen LogP contribution in [-0.4, -0.2) is 124 Å². The molecule has 0 radical (unpaired) electrons. The van der Waals surface area contributed by atoms with Crippen LogP contribution in [0.1, 0.15) is 91.9 Å². The minimum Gasteiger partial charge on any atom is -0.394 e. The van der Waals surface area contributed by atoms with Gasteiger partial charge in [0, 0.05) is 12.3 Å². The lowest BCUT2D eigenvalue weighted by Crippen LogP contribution is -2.63. The fourth-order valence-corrected chi connectivity index (χ4v) is 12.9. The smallest absolute Gasteiger partial charge is 0.186 e. The molecular formula is C38H62O12. The Kier molecular flexibility index (Phi) is 9.76. The zero-order chi connectivity index (χ0) is 35.3. The summed E-state index contributed by atoms with van der Waals surface area (Å²) in [5.41, 5.74) is 0.502. The third kappa shape index (κ3) is 5.68. The van der Waals surface area contributed by atoms with Crippen molar-refractivity contribution in [2.45, 2.75) is 165 Å². The topological polar surface area (TPSA) is 177 Å². The molecule has 8 fully saturated rings. The molecule has 0 amide bonds. The van der Waals surface area contributed by atoms with Gasteiger partial charge in [0.25, 0.3) is 0 Å². The van der Waals surface area contributed by atoms with Gasteiger partial charge in [0.05, 0.1) is 32.0 Å². The van der Waals surface area contributed by atoms with Crippen LogP contribution in [0.2, 0.25) is 0 Å². The van der Waals surface area contributed by atoms with Crippen molar-refractivity contribution in [1.82, 2.24) is 0 Å². The van der Waals surface area contributed by atoms with Crippen molar-refractivity contribution >= 4 is 0 Å². The molecular weight excluding hydrogens is 648 g/mol. The van der Waals surface area contributed by atoms with E-state index < -0.39 is 61.9 Å². The SMILES string of the molecule is CC1CCC2(OC1)OC1C[C@H]3C4CCC5CC(O[C@@H]6O[C@H](CO)[C@@H](O[C@@H]7OC[C@@H](O)[C@H](O)[C@H]7O)[C@H](O)[C@H]6O)CCC5(C)C4CCC3(C)[C@H]1[C@@H]2C. The Morgan fingerprint density at radius 1 is 0.740 bits per heavy atom. The standard InChI is InChI=1S/C38H62O12/c1-18-7-12-38(46-16-18)19(2)28-26(50-38)14-24-22-6-5-20-13-21(8-10-36(20,3)23(22)9-11-37(24,28)4)47-35-32(44)30(42)33(27(15-39)48-35)49-34-31(43)29(41)25(40)17-45-34/h18-35,39-44H,5-17H2,1-4H3/t18?,19-,20?,21?,22?,23?,24-,25+,26?,27+,28-,29-,30+,31+,32+,33+,34-,35+,36?,37?,38?/m0/s1. The summed E-state index contributed by atoms with van der Waals surface area (Å²) in [4.78, 5) is 0. The second-order valence-electron chi connectivity index (χ2n) is 18.3. The van der Waals surface area contributed by atoms with E-state index in [4.69, 9.17) is 28.4 Å². The summed E-state index contributed by atoms with van der Waals surface area (Å²) >= 11 is 0. The van der Waals surface area contributed by atoms with Crippen LogP contribution >= 0.6 is 0 Å². The summed E-state index contributed by atoms with van der Waals surface area (Å²) in [6, 6.07) is 0. The van der Waals surface area contributed by atoms with Crippen LogP contribution in [0.3, 0.4) is 0 Å². The van der Waals surface area contributed by atoms with E-state index in [1.807, 2.05) is 0 Å². The summed E-state index contributed by atoms with van der Waals surface area (Å²) in [5.74, 6) is 3.74. The second kappa shape index (κ2) is 13.4. The molecule has 0 aromatic heterocycles. The highest BCUT2D eigenvalue weighted by molar-refractivity contribution is 5.15. The van der Waals surface area contributed by atoms with Gasteiger partial charge in [-0.25, -0.2) is 0 Å². The molecule has 4 aliphatic heterocycles. The van der Waals surface area contributed by atoms with Crippen molar-refractivity contribution in [3.8, 4) is 0 Å². The lowest BCUT2D eigenvalue weighted by atomic mass is 9.44. The van der Waals surface area contributed by atoms with Gasteiger partial charge in [-0.15, -0.1) is 0 Å². The van der Waals surface area contributed by atoms with Gasteiger partial charge in [0.2, 0.25) is 0 Å². The van der Waals surface area contributed by atoms with Crippen molar-refractivity contribution in [3.63, 3.8) is 0 Å². The molecule has 4 heterocycles. The highest BCUT2D eigenvalue weighted by atomic mass is 16.7. The first kappa shape index (κ1) is 36.5. The lowest BCUT2D eigenvalue weighted by Gasteiger charge is -2.61. The first-order valence-electron chi connectivity index (χ1n) is 19.7. The average molecular weight is 711 g/mol. The largest absolute Gasteiger partial charge is 0.394 e. The predicted molar refractivity (Wildman–Crippen MR) is 177 cm³/mol. The minimum atomic E-state index is -1.58. The molecule has 1 spiro atoms. The molecule has 286 valence electrons. The van der Waals surface area contributed by atoms with E-state index in [0.29, 0.717) is 47.5 Å². The van der Waals surface area contributed by atoms with E-state index in [0.717, 1.165) is 45.1 Å². The van der Waals surface area contributed by atoms with Crippen molar-refractivity contribution in [2.24, 2.45) is 52.3 Å². The Bertz CT molecular complexity index is 1210. The van der Waals surface area contributed by atoms with Crippen LogP contribution in [-0.2, 0) is 28.4 Å². The zero-order valence-corrected chi connectivity index (χ0v) is 30.2. The third-order valence-corrected chi connectivity index (χ3v) is 15.8. The molecule has 50 heavy (non-hydrogen) atoms. The normalized spacial score (nSPS) is 59.4. The molecule has 12 heteroatoms. The Labute approximate surface area is 296 Å². The Morgan fingerprint density at radius 3 is 2.24 bits per heavy atom. The maximum Gasteiger partial charge on any atom is 0.186 e. The van der Waals surface area contributed by atoms with Gasteiger partial charge in [0.1, 0.15) is 42.7 Å². The molecule has 4 aliphatic carbocycles. The van der Waals surface area contributed by atoms with E-state index >= 15 is 0 Å². The van der Waals surface area contributed by atoms with Crippen molar-refractivity contribution in [3.05, 3.63) is 0 Å². The van der Waals surface area contributed by atoms with Crippen molar-refractivity contribution in [1.29, 1.82) is 0 Å². The number of ether oxygens (including phenoxy) is 6. The molecule has 9 unspecified atom stereocenters. The predicted octanol–water partition coefficient (Wildman–Crippen LogP) is 2.08. The molecule has 8 rings (SSSR count). The quantitative estimate of drug-likeness (QED) is 0.230. The summed E-state index contributed by atoms with van der Waals surface area (Å²) in [6.07, 6.45) is -1.12. The number of aliphatic hydroxyl groups excluding tert-OH is 6. The van der Waals surface area contributed by atoms with Crippen LogP contribution in [0.4, 0.5) is 0 Å². The van der Waals surface area contributed by atoms with E-state index in [2.05, 4.69) is 27.7 Å². The van der Waals surface area contributed by atoms with Crippen LogP contribution in [0.15, 0.2) is 0 Å². The van der Waals surface area contributed by atoms with Gasteiger partial charge in [-0.05, 0) is 104 Å². The maximum absolute atomic E-state index is 11.1. The van der Waals surface area contributed by atoms with Gasteiger partial charge in [0.15, 0.2) is 18.4 Å². The monoisotopic (exact) mass is 710 g/mol. The molecule has 0 bridgehead atoms. The van der Waals surface area contributed by atoms with E-state index in [-0.39, 0.29) is 29.3 Å². The first-order valence-corrected chi connectivity index (χ1v) is 19.7. The molecule has 4 saturated heterocycles. The third-order valence-electron chi connectivity index (χ3n) is 15.8. The summed E-state index contributed by atoms with van der Waals surface area (Å²) in [5, 5.41) is 62.4. The molecule has 8 aliphatic rings. The lowest BCUT2D eigenvalue weighted by molar-refractivity contribution is -0.354. The van der Waals surface area contributed by atoms with Crippen molar-refractivity contribution in [2.75, 3.05) is 19.8 Å². The Morgan fingerprint density at radius 2 is 1.50 bits per heavy atom. The van der Waals surface area contributed by atoms with Crippen molar-refractivity contribution < 1.29 is 59.1 Å². The van der Waals surface area contributed by atoms with Gasteiger partial charge in [-0.2, -0.15) is 0 Å². The zero-order valence-electron chi connectivity index (χ0n) is 30.2. The van der Waals surface area contributed by atoms with E-state index in [9.17, 15) is 30.6 Å². The molecule has 0 aromatic carbocycles. The van der Waals surface area contributed by atoms with Gasteiger partial charge >= 0.3 is 0 Å². The second-order valence-corrected chi connectivity index (χ2v) is 18.3. The Balaban J connectivity index is 0.894. The van der Waals surface area contributed by atoms with E-state index in [1.165, 1.54) is 25.7 Å². The molecule has 21 atom stereocenters.